The van der Waals surface area contributed by atoms with Gasteiger partial charge in [0.15, 0.2) is 6.61 Å². The number of carbonyl (C=O) groups is 1. The summed E-state index contributed by atoms with van der Waals surface area (Å²) < 4.78 is 18.6. The zero-order chi connectivity index (χ0) is 16.3. The molecule has 1 aliphatic rings. The summed E-state index contributed by atoms with van der Waals surface area (Å²) >= 11 is 0. The molecule has 1 amide bonds. The standard InChI is InChI=1S/C19H20FNO2/c1-14-4-2-3-5-17(14)23-12-18(22)21-13-19(10-11-19)15-6-8-16(20)9-7-15/h2-9H,10-13H2,1H3,(H,21,22). The molecule has 0 aliphatic heterocycles. The van der Waals surface area contributed by atoms with Crippen molar-refractivity contribution in [2.45, 2.75) is 25.2 Å². The highest BCUT2D eigenvalue weighted by molar-refractivity contribution is 5.77. The van der Waals surface area contributed by atoms with Crippen LogP contribution in [-0.2, 0) is 10.2 Å². The van der Waals surface area contributed by atoms with Gasteiger partial charge in [0.25, 0.3) is 5.91 Å². The molecule has 0 aromatic heterocycles. The molecule has 1 N–H and O–H groups in total. The van der Waals surface area contributed by atoms with Crippen LogP contribution < -0.4 is 10.1 Å². The van der Waals surface area contributed by atoms with Crippen molar-refractivity contribution < 1.29 is 13.9 Å². The van der Waals surface area contributed by atoms with Crippen LogP contribution in [0.2, 0.25) is 0 Å². The van der Waals surface area contributed by atoms with Crippen LogP contribution >= 0.6 is 0 Å². The van der Waals surface area contributed by atoms with Gasteiger partial charge in [-0.25, -0.2) is 4.39 Å². The van der Waals surface area contributed by atoms with E-state index >= 15 is 0 Å². The van der Waals surface area contributed by atoms with Crippen LogP contribution in [0.3, 0.4) is 0 Å². The Morgan fingerprint density at radius 3 is 2.52 bits per heavy atom. The Balaban J connectivity index is 1.51. The summed E-state index contributed by atoms with van der Waals surface area (Å²) in [6, 6.07) is 14.2. The van der Waals surface area contributed by atoms with Crippen molar-refractivity contribution in [1.29, 1.82) is 0 Å². The van der Waals surface area contributed by atoms with Gasteiger partial charge in [0.2, 0.25) is 0 Å². The number of hydrogen-bond donors (Lipinski definition) is 1. The average molecular weight is 313 g/mol. The van der Waals surface area contributed by atoms with E-state index in [1.165, 1.54) is 12.1 Å². The van der Waals surface area contributed by atoms with E-state index in [2.05, 4.69) is 5.32 Å². The number of benzene rings is 2. The maximum absolute atomic E-state index is 13.0. The highest BCUT2D eigenvalue weighted by Crippen LogP contribution is 2.47. The minimum absolute atomic E-state index is 0.00432. The minimum atomic E-state index is -0.236. The fraction of sp³-hybridized carbons (Fsp3) is 0.316. The van der Waals surface area contributed by atoms with Crippen molar-refractivity contribution in [1.82, 2.24) is 5.32 Å². The number of ether oxygens (including phenoxy) is 1. The number of halogens is 1. The summed E-state index contributed by atoms with van der Waals surface area (Å²) in [6.45, 7) is 2.51. The second kappa shape index (κ2) is 6.41. The highest BCUT2D eigenvalue weighted by atomic mass is 19.1. The molecule has 0 heterocycles. The highest BCUT2D eigenvalue weighted by Gasteiger charge is 2.44. The van der Waals surface area contributed by atoms with Crippen molar-refractivity contribution in [3.8, 4) is 5.75 Å². The lowest BCUT2D eigenvalue weighted by Gasteiger charge is -2.17. The van der Waals surface area contributed by atoms with E-state index in [1.54, 1.807) is 12.1 Å². The number of carbonyl (C=O) groups excluding carboxylic acids is 1. The molecule has 3 nitrogen and oxygen atoms in total. The number of amides is 1. The first-order chi connectivity index (χ1) is 11.1. The van der Waals surface area contributed by atoms with Gasteiger partial charge in [0.1, 0.15) is 11.6 Å². The van der Waals surface area contributed by atoms with Gasteiger partial charge in [-0.3, -0.25) is 4.79 Å². The van der Waals surface area contributed by atoms with Crippen LogP contribution in [0, 0.1) is 12.7 Å². The average Bonchev–Trinajstić information content (AvgIpc) is 3.34. The molecule has 23 heavy (non-hydrogen) atoms. The molecule has 0 atom stereocenters. The summed E-state index contributed by atoms with van der Waals surface area (Å²) in [7, 11) is 0. The van der Waals surface area contributed by atoms with Gasteiger partial charge in [0, 0.05) is 12.0 Å². The molecule has 0 unspecified atom stereocenters. The van der Waals surface area contributed by atoms with Gasteiger partial charge in [-0.2, -0.15) is 0 Å². The number of rotatable bonds is 6. The topological polar surface area (TPSA) is 38.3 Å². The smallest absolute Gasteiger partial charge is 0.257 e. The molecule has 1 fully saturated rings. The molecule has 2 aromatic rings. The van der Waals surface area contributed by atoms with Crippen molar-refractivity contribution in [3.63, 3.8) is 0 Å². The number of hydrogen-bond acceptors (Lipinski definition) is 2. The number of aryl methyl sites for hydroxylation is 1. The Labute approximate surface area is 135 Å². The Morgan fingerprint density at radius 2 is 1.87 bits per heavy atom. The van der Waals surface area contributed by atoms with Crippen LogP contribution in [0.1, 0.15) is 24.0 Å². The van der Waals surface area contributed by atoms with Crippen molar-refractivity contribution in [2.24, 2.45) is 0 Å². The second-order valence-corrected chi connectivity index (χ2v) is 6.12. The van der Waals surface area contributed by atoms with E-state index in [1.807, 2.05) is 31.2 Å². The van der Waals surface area contributed by atoms with Crippen molar-refractivity contribution in [3.05, 3.63) is 65.5 Å². The maximum Gasteiger partial charge on any atom is 0.257 e. The van der Waals surface area contributed by atoms with E-state index in [4.69, 9.17) is 4.74 Å². The summed E-state index contributed by atoms with van der Waals surface area (Å²) in [6.07, 6.45) is 2.02. The third kappa shape index (κ3) is 3.70. The van der Waals surface area contributed by atoms with Gasteiger partial charge >= 0.3 is 0 Å². The Morgan fingerprint density at radius 1 is 1.17 bits per heavy atom. The second-order valence-electron chi connectivity index (χ2n) is 6.12. The molecular formula is C19H20FNO2. The molecule has 0 spiro atoms. The van der Waals surface area contributed by atoms with Crippen LogP contribution in [0.5, 0.6) is 5.75 Å². The fourth-order valence-corrected chi connectivity index (χ4v) is 2.70. The number of para-hydroxylation sites is 1. The first kappa shape index (κ1) is 15.5. The molecule has 1 aliphatic carbocycles. The first-order valence-corrected chi connectivity index (χ1v) is 7.80. The van der Waals surface area contributed by atoms with E-state index in [0.717, 1.165) is 29.7 Å². The van der Waals surface area contributed by atoms with E-state index in [0.29, 0.717) is 6.54 Å². The van der Waals surface area contributed by atoms with Crippen molar-refractivity contribution in [2.75, 3.05) is 13.2 Å². The monoisotopic (exact) mass is 313 g/mol. The Hall–Kier alpha value is -2.36. The van der Waals surface area contributed by atoms with Gasteiger partial charge in [-0.05, 0) is 49.1 Å². The minimum Gasteiger partial charge on any atom is -0.484 e. The van der Waals surface area contributed by atoms with E-state index < -0.39 is 0 Å². The number of nitrogens with one attached hydrogen (secondary N) is 1. The Bertz CT molecular complexity index is 693. The zero-order valence-electron chi connectivity index (χ0n) is 13.1. The third-order valence-electron chi connectivity index (χ3n) is 4.39. The largest absolute Gasteiger partial charge is 0.484 e. The first-order valence-electron chi connectivity index (χ1n) is 7.80. The summed E-state index contributed by atoms with van der Waals surface area (Å²) in [5, 5.41) is 2.93. The summed E-state index contributed by atoms with van der Waals surface area (Å²) in [5.41, 5.74) is 2.05. The quantitative estimate of drug-likeness (QED) is 0.888. The van der Waals surface area contributed by atoms with Gasteiger partial charge in [0.05, 0.1) is 0 Å². The Kier molecular flexibility index (Phi) is 4.33. The maximum atomic E-state index is 13.0. The molecule has 3 rings (SSSR count). The predicted molar refractivity (Wildman–Crippen MR) is 87.0 cm³/mol. The molecule has 1 saturated carbocycles. The van der Waals surface area contributed by atoms with Gasteiger partial charge < -0.3 is 10.1 Å². The lowest BCUT2D eigenvalue weighted by atomic mass is 9.96. The molecular weight excluding hydrogens is 293 g/mol. The summed E-state index contributed by atoms with van der Waals surface area (Å²) in [4.78, 5) is 12.0. The zero-order valence-corrected chi connectivity index (χ0v) is 13.1. The van der Waals surface area contributed by atoms with Crippen LogP contribution in [0.15, 0.2) is 48.5 Å². The molecule has 4 heteroatoms. The fourth-order valence-electron chi connectivity index (χ4n) is 2.70. The van der Waals surface area contributed by atoms with E-state index in [-0.39, 0.29) is 23.7 Å². The van der Waals surface area contributed by atoms with Crippen LogP contribution in [0.25, 0.3) is 0 Å². The summed E-state index contributed by atoms with van der Waals surface area (Å²) in [5.74, 6) is 0.351. The van der Waals surface area contributed by atoms with Crippen molar-refractivity contribution >= 4 is 5.91 Å². The SMILES string of the molecule is Cc1ccccc1OCC(=O)NCC1(c2ccc(F)cc2)CC1. The lowest BCUT2D eigenvalue weighted by Crippen LogP contribution is -2.35. The van der Waals surface area contributed by atoms with Crippen LogP contribution in [-0.4, -0.2) is 19.1 Å². The van der Waals surface area contributed by atoms with E-state index in [9.17, 15) is 9.18 Å². The van der Waals surface area contributed by atoms with Gasteiger partial charge in [-0.1, -0.05) is 30.3 Å². The third-order valence-corrected chi connectivity index (χ3v) is 4.39. The lowest BCUT2D eigenvalue weighted by molar-refractivity contribution is -0.123. The van der Waals surface area contributed by atoms with Gasteiger partial charge in [-0.15, -0.1) is 0 Å². The molecule has 0 bridgehead atoms. The molecule has 0 radical (unpaired) electrons. The van der Waals surface area contributed by atoms with Crippen LogP contribution in [0.4, 0.5) is 4.39 Å². The molecule has 120 valence electrons. The normalized spacial score (nSPS) is 15.0. The molecule has 0 saturated heterocycles. The predicted octanol–water partition coefficient (Wildman–Crippen LogP) is 3.36. The molecule has 2 aromatic carbocycles.